The van der Waals surface area contributed by atoms with Crippen LogP contribution in [0.15, 0.2) is 29.1 Å². The number of piperidine rings is 1. The Kier molecular flexibility index (Phi) is 4.46. The molecule has 118 valence electrons. The van der Waals surface area contributed by atoms with Crippen LogP contribution in [0.4, 0.5) is 17.3 Å². The van der Waals surface area contributed by atoms with Crippen molar-refractivity contribution in [2.75, 3.05) is 22.5 Å². The molecule has 0 spiro atoms. The molecule has 1 aliphatic heterocycles. The van der Waals surface area contributed by atoms with Crippen molar-refractivity contribution in [2.24, 2.45) is 0 Å². The van der Waals surface area contributed by atoms with E-state index in [1.54, 1.807) is 12.6 Å². The van der Waals surface area contributed by atoms with Crippen LogP contribution < -0.4 is 16.0 Å². The van der Waals surface area contributed by atoms with Crippen molar-refractivity contribution in [2.45, 2.75) is 45.2 Å². The molecule has 1 fully saturated rings. The van der Waals surface area contributed by atoms with Gasteiger partial charge in [0, 0.05) is 12.6 Å². The second-order valence-corrected chi connectivity index (χ2v) is 5.64. The van der Waals surface area contributed by atoms with Gasteiger partial charge in [-0.3, -0.25) is 0 Å². The third-order valence-electron chi connectivity index (χ3n) is 4.24. The second kappa shape index (κ2) is 6.68. The highest BCUT2D eigenvalue weighted by Gasteiger charge is 2.24. The Bertz CT molecular complexity index is 599. The third kappa shape index (κ3) is 3.00. The fourth-order valence-electron chi connectivity index (χ4n) is 3.04. The van der Waals surface area contributed by atoms with Gasteiger partial charge in [-0.05, 0) is 37.8 Å². The highest BCUT2D eigenvalue weighted by molar-refractivity contribution is 5.75. The van der Waals surface area contributed by atoms with Gasteiger partial charge >= 0.3 is 0 Å². The van der Waals surface area contributed by atoms with Crippen molar-refractivity contribution < 1.29 is 4.42 Å². The molecule has 1 saturated heterocycles. The van der Waals surface area contributed by atoms with Crippen LogP contribution in [0.5, 0.6) is 0 Å². The fraction of sp³-hybridized carbons (Fsp3) is 0.500. The van der Waals surface area contributed by atoms with Crippen LogP contribution in [-0.2, 0) is 6.54 Å². The van der Waals surface area contributed by atoms with Crippen molar-refractivity contribution in [1.82, 2.24) is 9.97 Å². The van der Waals surface area contributed by atoms with Gasteiger partial charge in [-0.2, -0.15) is 0 Å². The molecule has 3 rings (SSSR count). The highest BCUT2D eigenvalue weighted by Crippen LogP contribution is 2.32. The van der Waals surface area contributed by atoms with E-state index < -0.39 is 0 Å². The van der Waals surface area contributed by atoms with E-state index in [9.17, 15) is 0 Å². The molecule has 1 unspecified atom stereocenters. The van der Waals surface area contributed by atoms with E-state index in [4.69, 9.17) is 10.2 Å². The Balaban J connectivity index is 1.78. The fourth-order valence-corrected chi connectivity index (χ4v) is 3.04. The molecular formula is C16H23N5O. The summed E-state index contributed by atoms with van der Waals surface area (Å²) in [6.07, 6.45) is 8.02. The lowest BCUT2D eigenvalue weighted by Crippen LogP contribution is -2.40. The monoisotopic (exact) mass is 301 g/mol. The second-order valence-electron chi connectivity index (χ2n) is 5.64. The van der Waals surface area contributed by atoms with Gasteiger partial charge in [-0.1, -0.05) is 6.92 Å². The molecule has 0 radical (unpaired) electrons. The average molecular weight is 301 g/mol. The minimum atomic E-state index is 0.517. The van der Waals surface area contributed by atoms with Gasteiger partial charge in [0.25, 0.3) is 0 Å². The first-order chi connectivity index (χ1) is 10.8. The summed E-state index contributed by atoms with van der Waals surface area (Å²) in [7, 11) is 0. The summed E-state index contributed by atoms with van der Waals surface area (Å²) in [5, 5.41) is 3.23. The minimum Gasteiger partial charge on any atom is -0.467 e. The van der Waals surface area contributed by atoms with Gasteiger partial charge in [0.05, 0.1) is 12.8 Å². The van der Waals surface area contributed by atoms with Crippen molar-refractivity contribution in [3.8, 4) is 0 Å². The molecular weight excluding hydrogens is 278 g/mol. The summed E-state index contributed by atoms with van der Waals surface area (Å²) in [6.45, 7) is 3.79. The molecule has 0 saturated carbocycles. The van der Waals surface area contributed by atoms with Gasteiger partial charge in [-0.25, -0.2) is 9.97 Å². The van der Waals surface area contributed by atoms with E-state index in [-0.39, 0.29) is 0 Å². The topological polar surface area (TPSA) is 80.2 Å². The third-order valence-corrected chi connectivity index (χ3v) is 4.24. The summed E-state index contributed by atoms with van der Waals surface area (Å²) in [6, 6.07) is 4.30. The molecule has 0 bridgehead atoms. The molecule has 0 aliphatic carbocycles. The summed E-state index contributed by atoms with van der Waals surface area (Å²) < 4.78 is 5.32. The lowest BCUT2D eigenvalue weighted by molar-refractivity contribution is 0.447. The van der Waals surface area contributed by atoms with Crippen LogP contribution in [0.1, 0.15) is 38.4 Å². The van der Waals surface area contributed by atoms with Crippen molar-refractivity contribution in [3.63, 3.8) is 0 Å². The first-order valence-corrected chi connectivity index (χ1v) is 7.93. The molecule has 3 heterocycles. The number of aromatic nitrogens is 2. The number of nitrogen functional groups attached to an aromatic ring is 1. The van der Waals surface area contributed by atoms with Crippen molar-refractivity contribution >= 4 is 17.3 Å². The smallest absolute Gasteiger partial charge is 0.157 e. The van der Waals surface area contributed by atoms with Crippen molar-refractivity contribution in [3.05, 3.63) is 30.5 Å². The highest BCUT2D eigenvalue weighted by atomic mass is 16.3. The van der Waals surface area contributed by atoms with E-state index in [1.165, 1.54) is 19.3 Å². The molecule has 2 aromatic rings. The SMILES string of the molecule is CCC1CCCCN1c1ncnc(NCc2ccco2)c1N. The summed E-state index contributed by atoms with van der Waals surface area (Å²) in [5.74, 6) is 2.37. The Morgan fingerprint density at radius 2 is 2.32 bits per heavy atom. The van der Waals surface area contributed by atoms with Crippen LogP contribution >= 0.6 is 0 Å². The van der Waals surface area contributed by atoms with E-state index >= 15 is 0 Å². The summed E-state index contributed by atoms with van der Waals surface area (Å²) in [5.41, 5.74) is 6.93. The average Bonchev–Trinajstić information content (AvgIpc) is 3.07. The number of hydrogen-bond donors (Lipinski definition) is 2. The molecule has 22 heavy (non-hydrogen) atoms. The normalized spacial score (nSPS) is 18.4. The van der Waals surface area contributed by atoms with Crippen molar-refractivity contribution in [1.29, 1.82) is 0 Å². The van der Waals surface area contributed by atoms with Crippen LogP contribution in [-0.4, -0.2) is 22.6 Å². The number of nitrogens with one attached hydrogen (secondary N) is 1. The number of hydrogen-bond acceptors (Lipinski definition) is 6. The number of anilines is 3. The predicted molar refractivity (Wildman–Crippen MR) is 87.8 cm³/mol. The minimum absolute atomic E-state index is 0.517. The Labute approximate surface area is 130 Å². The zero-order valence-electron chi connectivity index (χ0n) is 13.0. The number of nitrogens with zero attached hydrogens (tertiary/aromatic N) is 3. The maximum atomic E-state index is 6.31. The van der Waals surface area contributed by atoms with Crippen LogP contribution in [0.3, 0.4) is 0 Å². The zero-order valence-corrected chi connectivity index (χ0v) is 13.0. The molecule has 0 amide bonds. The molecule has 3 N–H and O–H groups in total. The quantitative estimate of drug-likeness (QED) is 0.883. The number of rotatable bonds is 5. The number of furan rings is 1. The van der Waals surface area contributed by atoms with Crippen LogP contribution in [0, 0.1) is 0 Å². The number of nitrogens with two attached hydrogens (primary N) is 1. The van der Waals surface area contributed by atoms with Gasteiger partial charge in [0.15, 0.2) is 11.6 Å². The Hall–Kier alpha value is -2.24. The zero-order chi connectivity index (χ0) is 15.4. The lowest BCUT2D eigenvalue weighted by Gasteiger charge is -2.36. The molecule has 1 atom stereocenters. The lowest BCUT2D eigenvalue weighted by atomic mass is 10.00. The first-order valence-electron chi connectivity index (χ1n) is 7.93. The first kappa shape index (κ1) is 14.7. The standard InChI is InChI=1S/C16H23N5O/c1-2-12-6-3-4-8-21(12)16-14(17)15(19-11-20-16)18-10-13-7-5-9-22-13/h5,7,9,11-12H,2-4,6,8,10,17H2,1H3,(H,18,19,20). The van der Waals surface area contributed by atoms with E-state index in [0.29, 0.717) is 24.1 Å². The molecule has 6 nitrogen and oxygen atoms in total. The summed E-state index contributed by atoms with van der Waals surface area (Å²) >= 11 is 0. The van der Waals surface area contributed by atoms with Gasteiger partial charge < -0.3 is 20.4 Å². The predicted octanol–water partition coefficient (Wildman–Crippen LogP) is 3.03. The molecule has 6 heteroatoms. The maximum absolute atomic E-state index is 6.31. The van der Waals surface area contributed by atoms with Gasteiger partial charge in [0.1, 0.15) is 17.8 Å². The van der Waals surface area contributed by atoms with Gasteiger partial charge in [-0.15, -0.1) is 0 Å². The molecule has 0 aromatic carbocycles. The van der Waals surface area contributed by atoms with E-state index in [0.717, 1.165) is 24.5 Å². The van der Waals surface area contributed by atoms with Crippen LogP contribution in [0.2, 0.25) is 0 Å². The molecule has 1 aliphatic rings. The largest absolute Gasteiger partial charge is 0.467 e. The summed E-state index contributed by atoms with van der Waals surface area (Å²) in [4.78, 5) is 11.0. The Morgan fingerprint density at radius 3 is 3.09 bits per heavy atom. The van der Waals surface area contributed by atoms with E-state index in [2.05, 4.69) is 27.1 Å². The van der Waals surface area contributed by atoms with Gasteiger partial charge in [0.2, 0.25) is 0 Å². The van der Waals surface area contributed by atoms with E-state index in [1.807, 2.05) is 12.1 Å². The van der Waals surface area contributed by atoms with Crippen LogP contribution in [0.25, 0.3) is 0 Å². The Morgan fingerprint density at radius 1 is 1.41 bits per heavy atom. The maximum Gasteiger partial charge on any atom is 0.157 e. The molecule has 2 aromatic heterocycles.